The van der Waals surface area contributed by atoms with Gasteiger partial charge in [0, 0.05) is 57.7 Å². The predicted molar refractivity (Wildman–Crippen MR) is 205 cm³/mol. The Morgan fingerprint density at radius 2 is 1.12 bits per heavy atom. The number of para-hydroxylation sites is 2. The van der Waals surface area contributed by atoms with E-state index < -0.39 is 0 Å². The molecule has 0 radical (unpaired) electrons. The van der Waals surface area contributed by atoms with Crippen LogP contribution in [0.5, 0.6) is 0 Å². The third-order valence-corrected chi connectivity index (χ3v) is 10.0. The molecule has 0 saturated heterocycles. The standard InChI is InChI=1S/C45H31N5/c1-3-11-41-32(7-1)13-14-33-8-2-4-12-42(33)49(41)35-20-15-30(16-21-35)34-19-24-43-39(29-34)38-9-5-27-48-45(38)50(43)36-22-17-31(18-23-36)37-25-28-46-40-10-6-26-47-44(37)40/h1-12,15-29H,13-14H2. The fraction of sp³-hybridized carbons (Fsp3) is 0.0444. The lowest BCUT2D eigenvalue weighted by molar-refractivity contribution is 0.977. The van der Waals surface area contributed by atoms with Gasteiger partial charge in [-0.05, 0) is 120 Å². The molecule has 5 nitrogen and oxygen atoms in total. The minimum absolute atomic E-state index is 0.892. The van der Waals surface area contributed by atoms with Crippen LogP contribution in [-0.2, 0) is 12.8 Å². The highest BCUT2D eigenvalue weighted by molar-refractivity contribution is 6.09. The number of nitrogens with zero attached hydrogens (tertiary/aromatic N) is 5. The monoisotopic (exact) mass is 641 g/mol. The van der Waals surface area contributed by atoms with Crippen LogP contribution in [0.2, 0.25) is 0 Å². The van der Waals surface area contributed by atoms with Crippen molar-refractivity contribution in [3.8, 4) is 27.9 Å². The highest BCUT2D eigenvalue weighted by Crippen LogP contribution is 2.42. The predicted octanol–water partition coefficient (Wildman–Crippen LogP) is 11.0. The Balaban J connectivity index is 1.04. The van der Waals surface area contributed by atoms with Crippen LogP contribution >= 0.6 is 0 Å². The highest BCUT2D eigenvalue weighted by Gasteiger charge is 2.22. The number of fused-ring (bicyclic) bond motifs is 6. The number of pyridine rings is 3. The molecule has 0 N–H and O–H groups in total. The summed E-state index contributed by atoms with van der Waals surface area (Å²) in [6, 6.07) is 52.2. The van der Waals surface area contributed by atoms with Crippen molar-refractivity contribution in [1.29, 1.82) is 0 Å². The van der Waals surface area contributed by atoms with Crippen LogP contribution in [0, 0.1) is 0 Å². The largest absolute Gasteiger partial charge is 0.310 e. The number of rotatable bonds is 4. The van der Waals surface area contributed by atoms with Crippen molar-refractivity contribution in [2.24, 2.45) is 0 Å². The second-order valence-corrected chi connectivity index (χ2v) is 12.9. The summed E-state index contributed by atoms with van der Waals surface area (Å²) < 4.78 is 2.26. The maximum Gasteiger partial charge on any atom is 0.145 e. The molecule has 5 heterocycles. The van der Waals surface area contributed by atoms with Crippen molar-refractivity contribution >= 4 is 50.0 Å². The van der Waals surface area contributed by atoms with Crippen LogP contribution in [0.4, 0.5) is 17.1 Å². The van der Waals surface area contributed by atoms with E-state index >= 15 is 0 Å². The molecule has 0 saturated carbocycles. The Labute approximate surface area is 289 Å². The fourth-order valence-electron chi connectivity index (χ4n) is 7.65. The number of anilines is 3. The quantitative estimate of drug-likeness (QED) is 0.192. The molecule has 0 amide bonds. The van der Waals surface area contributed by atoms with Gasteiger partial charge < -0.3 is 4.90 Å². The summed E-state index contributed by atoms with van der Waals surface area (Å²) in [6.07, 6.45) is 7.62. The first kappa shape index (κ1) is 28.4. The average Bonchev–Trinajstić information content (AvgIpc) is 3.41. The van der Waals surface area contributed by atoms with Gasteiger partial charge in [0.15, 0.2) is 0 Å². The van der Waals surface area contributed by atoms with Crippen molar-refractivity contribution in [2.45, 2.75) is 12.8 Å². The lowest BCUT2D eigenvalue weighted by atomic mass is 10.0. The smallest absolute Gasteiger partial charge is 0.145 e. The Hall–Kier alpha value is -6.59. The molecular formula is C45H31N5. The summed E-state index contributed by atoms with van der Waals surface area (Å²) in [7, 11) is 0. The number of hydrogen-bond donors (Lipinski definition) is 0. The molecule has 0 unspecified atom stereocenters. The molecule has 0 spiro atoms. The highest BCUT2D eigenvalue weighted by atomic mass is 15.1. The second kappa shape index (κ2) is 11.5. The lowest BCUT2D eigenvalue weighted by Crippen LogP contribution is -2.11. The van der Waals surface area contributed by atoms with E-state index in [1.807, 2.05) is 42.9 Å². The molecule has 9 aromatic rings. The van der Waals surface area contributed by atoms with Gasteiger partial charge in [0.1, 0.15) is 5.65 Å². The topological polar surface area (TPSA) is 46.8 Å². The van der Waals surface area contributed by atoms with Crippen molar-refractivity contribution in [3.63, 3.8) is 0 Å². The molecule has 10 rings (SSSR count). The van der Waals surface area contributed by atoms with E-state index in [2.05, 4.69) is 141 Å². The molecule has 236 valence electrons. The van der Waals surface area contributed by atoms with Crippen molar-refractivity contribution in [2.75, 3.05) is 4.90 Å². The minimum Gasteiger partial charge on any atom is -0.310 e. The van der Waals surface area contributed by atoms with E-state index in [0.29, 0.717) is 0 Å². The first-order valence-electron chi connectivity index (χ1n) is 17.1. The Morgan fingerprint density at radius 3 is 1.90 bits per heavy atom. The zero-order valence-electron chi connectivity index (χ0n) is 27.2. The Kier molecular flexibility index (Phi) is 6.56. The van der Waals surface area contributed by atoms with Crippen molar-refractivity contribution in [1.82, 2.24) is 19.5 Å². The van der Waals surface area contributed by atoms with Crippen LogP contribution < -0.4 is 4.90 Å². The SMILES string of the molecule is c1ccc2c(c1)CCc1ccccc1N2c1ccc(-c2ccc3c(c2)c2cccnc2n3-c2ccc(-c3ccnc4cccnc34)cc2)cc1. The third kappa shape index (κ3) is 4.59. The average molecular weight is 642 g/mol. The van der Waals surface area contributed by atoms with Gasteiger partial charge in [0.05, 0.1) is 16.6 Å². The molecule has 0 aliphatic carbocycles. The van der Waals surface area contributed by atoms with Gasteiger partial charge in [0.25, 0.3) is 0 Å². The molecule has 4 aromatic heterocycles. The molecule has 0 bridgehead atoms. The van der Waals surface area contributed by atoms with Gasteiger partial charge in [-0.2, -0.15) is 0 Å². The minimum atomic E-state index is 0.892. The summed E-state index contributed by atoms with van der Waals surface area (Å²) in [5, 5.41) is 2.31. The summed E-state index contributed by atoms with van der Waals surface area (Å²) in [5.74, 6) is 0. The summed E-state index contributed by atoms with van der Waals surface area (Å²) >= 11 is 0. The van der Waals surface area contributed by atoms with E-state index in [1.165, 1.54) is 39.0 Å². The molecule has 50 heavy (non-hydrogen) atoms. The van der Waals surface area contributed by atoms with Gasteiger partial charge >= 0.3 is 0 Å². The van der Waals surface area contributed by atoms with Gasteiger partial charge in [0.2, 0.25) is 0 Å². The van der Waals surface area contributed by atoms with E-state index in [0.717, 1.165) is 62.9 Å². The molecular weight excluding hydrogens is 611 g/mol. The van der Waals surface area contributed by atoms with Crippen LogP contribution in [0.1, 0.15) is 11.1 Å². The maximum atomic E-state index is 4.87. The van der Waals surface area contributed by atoms with Gasteiger partial charge in [-0.3, -0.25) is 14.5 Å². The number of benzene rings is 5. The van der Waals surface area contributed by atoms with Crippen molar-refractivity contribution < 1.29 is 0 Å². The molecule has 0 fully saturated rings. The lowest BCUT2D eigenvalue weighted by Gasteiger charge is -2.27. The summed E-state index contributed by atoms with van der Waals surface area (Å²) in [4.78, 5) is 16.4. The first-order valence-corrected chi connectivity index (χ1v) is 17.1. The number of aromatic nitrogens is 4. The van der Waals surface area contributed by atoms with Crippen LogP contribution in [0.25, 0.3) is 60.9 Å². The third-order valence-electron chi connectivity index (χ3n) is 10.0. The molecule has 5 heteroatoms. The van der Waals surface area contributed by atoms with Crippen LogP contribution in [-0.4, -0.2) is 19.5 Å². The normalized spacial score (nSPS) is 12.6. The van der Waals surface area contributed by atoms with Crippen LogP contribution in [0.3, 0.4) is 0 Å². The van der Waals surface area contributed by atoms with E-state index in [1.54, 1.807) is 0 Å². The van der Waals surface area contributed by atoms with Gasteiger partial charge in [-0.25, -0.2) is 4.98 Å². The van der Waals surface area contributed by atoms with E-state index in [4.69, 9.17) is 4.98 Å². The van der Waals surface area contributed by atoms with Crippen molar-refractivity contribution in [3.05, 3.63) is 175 Å². The Bertz CT molecular complexity index is 2660. The Morgan fingerprint density at radius 1 is 0.460 bits per heavy atom. The zero-order chi connectivity index (χ0) is 33.0. The molecule has 0 atom stereocenters. The second-order valence-electron chi connectivity index (χ2n) is 12.9. The van der Waals surface area contributed by atoms with Gasteiger partial charge in [-0.1, -0.05) is 66.7 Å². The summed E-state index contributed by atoms with van der Waals surface area (Å²) in [6.45, 7) is 0. The van der Waals surface area contributed by atoms with Gasteiger partial charge in [-0.15, -0.1) is 0 Å². The first-order chi connectivity index (χ1) is 24.8. The number of hydrogen-bond acceptors (Lipinski definition) is 4. The molecule has 1 aliphatic heterocycles. The number of aryl methyl sites for hydroxylation is 2. The zero-order valence-corrected chi connectivity index (χ0v) is 27.2. The molecule has 1 aliphatic rings. The van der Waals surface area contributed by atoms with E-state index in [9.17, 15) is 0 Å². The fourth-order valence-corrected chi connectivity index (χ4v) is 7.65. The summed E-state index contributed by atoms with van der Waals surface area (Å²) in [5.41, 5.74) is 15.9. The maximum absolute atomic E-state index is 4.87. The van der Waals surface area contributed by atoms with E-state index in [-0.39, 0.29) is 0 Å². The van der Waals surface area contributed by atoms with Crippen LogP contribution in [0.15, 0.2) is 164 Å². The molecule has 5 aromatic carbocycles.